The smallest absolute Gasteiger partial charge is 0.167 e. The predicted octanol–water partition coefficient (Wildman–Crippen LogP) is 4.84. The average molecular weight is 281 g/mol. The molecular weight excluding hydrogens is 258 g/mol. The van der Waals surface area contributed by atoms with Gasteiger partial charge >= 0.3 is 0 Å². The standard InChI is InChI=1S/C19H23NO/c1-2-7-13-12-18(21)16-10-6-9-15-14-8-4-3-5-11-17(14)20(13)19(15)16/h6,9-10,13H,2-5,7-8,11-12H2,1H3. The first-order valence-corrected chi connectivity index (χ1v) is 8.49. The number of carbonyl (C=O) groups excluding carboxylic acids is 1. The minimum Gasteiger partial charge on any atom is -0.340 e. The van der Waals surface area contributed by atoms with Crippen LogP contribution in [0.2, 0.25) is 0 Å². The number of Topliss-reactive ketones (excluding diaryl/α,β-unsaturated/α-hetero) is 1. The molecule has 0 N–H and O–H groups in total. The third kappa shape index (κ3) is 1.88. The van der Waals surface area contributed by atoms with Gasteiger partial charge in [0.05, 0.1) is 5.52 Å². The van der Waals surface area contributed by atoms with Crippen LogP contribution in [0.3, 0.4) is 0 Å². The lowest BCUT2D eigenvalue weighted by molar-refractivity contribution is 0.0954. The van der Waals surface area contributed by atoms with Crippen molar-refractivity contribution in [3.8, 4) is 0 Å². The van der Waals surface area contributed by atoms with Crippen LogP contribution in [-0.2, 0) is 12.8 Å². The Kier molecular flexibility index (Phi) is 3.13. The van der Waals surface area contributed by atoms with Crippen molar-refractivity contribution in [2.24, 2.45) is 0 Å². The van der Waals surface area contributed by atoms with Crippen molar-refractivity contribution in [1.82, 2.24) is 4.57 Å². The second-order valence-corrected chi connectivity index (χ2v) is 6.63. The van der Waals surface area contributed by atoms with Crippen molar-refractivity contribution in [1.29, 1.82) is 0 Å². The maximum atomic E-state index is 12.5. The van der Waals surface area contributed by atoms with Gasteiger partial charge in [0.2, 0.25) is 0 Å². The molecule has 1 atom stereocenters. The van der Waals surface area contributed by atoms with Gasteiger partial charge in [0.1, 0.15) is 0 Å². The number of fused-ring (bicyclic) bond motifs is 3. The molecule has 1 aliphatic carbocycles. The van der Waals surface area contributed by atoms with Crippen LogP contribution in [0.4, 0.5) is 0 Å². The molecule has 21 heavy (non-hydrogen) atoms. The van der Waals surface area contributed by atoms with Gasteiger partial charge in [-0.25, -0.2) is 0 Å². The van der Waals surface area contributed by atoms with Crippen LogP contribution >= 0.6 is 0 Å². The molecule has 0 fully saturated rings. The number of ketones is 1. The zero-order valence-corrected chi connectivity index (χ0v) is 12.8. The summed E-state index contributed by atoms with van der Waals surface area (Å²) in [6.45, 7) is 2.23. The molecule has 0 radical (unpaired) electrons. The highest BCUT2D eigenvalue weighted by Gasteiger charge is 2.31. The Balaban J connectivity index is 2.04. The Labute approximate surface area is 126 Å². The van der Waals surface area contributed by atoms with E-state index < -0.39 is 0 Å². The molecule has 4 rings (SSSR count). The first-order chi connectivity index (χ1) is 10.3. The van der Waals surface area contributed by atoms with Gasteiger partial charge in [0.15, 0.2) is 5.78 Å². The fraction of sp³-hybridized carbons (Fsp3) is 0.526. The summed E-state index contributed by atoms with van der Waals surface area (Å²) >= 11 is 0. The third-order valence-corrected chi connectivity index (χ3v) is 5.29. The Hall–Kier alpha value is -1.57. The number of benzene rings is 1. The van der Waals surface area contributed by atoms with Crippen LogP contribution in [-0.4, -0.2) is 10.4 Å². The van der Waals surface area contributed by atoms with Crippen LogP contribution in [0, 0.1) is 0 Å². The largest absolute Gasteiger partial charge is 0.340 e. The van der Waals surface area contributed by atoms with Gasteiger partial charge in [0, 0.05) is 29.1 Å². The Bertz CT molecular complexity index is 710. The van der Waals surface area contributed by atoms with Gasteiger partial charge in [-0.2, -0.15) is 0 Å². The Morgan fingerprint density at radius 1 is 1.19 bits per heavy atom. The Morgan fingerprint density at radius 2 is 2.05 bits per heavy atom. The summed E-state index contributed by atoms with van der Waals surface area (Å²) in [6.07, 6.45) is 9.28. The maximum Gasteiger partial charge on any atom is 0.167 e. The van der Waals surface area contributed by atoms with Crippen LogP contribution < -0.4 is 0 Å². The van der Waals surface area contributed by atoms with Crippen LogP contribution in [0.25, 0.3) is 10.9 Å². The van der Waals surface area contributed by atoms with E-state index in [9.17, 15) is 4.79 Å². The molecule has 2 heterocycles. The molecule has 1 aromatic heterocycles. The normalized spacial score (nSPS) is 21.4. The third-order valence-electron chi connectivity index (χ3n) is 5.29. The summed E-state index contributed by atoms with van der Waals surface area (Å²) in [7, 11) is 0. The molecule has 0 saturated carbocycles. The van der Waals surface area contributed by atoms with Crippen molar-refractivity contribution in [3.63, 3.8) is 0 Å². The van der Waals surface area contributed by atoms with E-state index >= 15 is 0 Å². The molecule has 2 aliphatic rings. The van der Waals surface area contributed by atoms with Gasteiger partial charge in [-0.3, -0.25) is 4.79 Å². The number of aromatic nitrogens is 1. The molecule has 2 nitrogen and oxygen atoms in total. The second kappa shape index (κ2) is 5.01. The number of hydrogen-bond donors (Lipinski definition) is 0. The summed E-state index contributed by atoms with van der Waals surface area (Å²) in [6, 6.07) is 6.73. The monoisotopic (exact) mass is 281 g/mol. The molecule has 110 valence electrons. The van der Waals surface area contributed by atoms with Crippen molar-refractivity contribution in [3.05, 3.63) is 35.0 Å². The van der Waals surface area contributed by atoms with Gasteiger partial charge in [-0.05, 0) is 43.7 Å². The molecule has 0 bridgehead atoms. The lowest BCUT2D eigenvalue weighted by Gasteiger charge is -2.27. The van der Waals surface area contributed by atoms with Crippen molar-refractivity contribution >= 4 is 16.7 Å². The number of carbonyl (C=O) groups is 1. The highest BCUT2D eigenvalue weighted by molar-refractivity contribution is 6.09. The first-order valence-electron chi connectivity index (χ1n) is 8.49. The van der Waals surface area contributed by atoms with E-state index in [1.165, 1.54) is 43.0 Å². The van der Waals surface area contributed by atoms with Crippen molar-refractivity contribution in [2.75, 3.05) is 0 Å². The summed E-state index contributed by atoms with van der Waals surface area (Å²) in [5, 5.41) is 1.36. The minimum atomic E-state index is 0.346. The van der Waals surface area contributed by atoms with E-state index in [-0.39, 0.29) is 0 Å². The SMILES string of the molecule is CCCC1CC(=O)c2cccc3c4c(n1c23)CCCCC4. The fourth-order valence-corrected chi connectivity index (χ4v) is 4.41. The maximum absolute atomic E-state index is 12.5. The molecule has 1 aromatic carbocycles. The number of nitrogens with zero attached hydrogens (tertiary/aromatic N) is 1. The number of para-hydroxylation sites is 1. The van der Waals surface area contributed by atoms with E-state index in [0.29, 0.717) is 18.2 Å². The Morgan fingerprint density at radius 3 is 2.90 bits per heavy atom. The van der Waals surface area contributed by atoms with Gasteiger partial charge in [-0.15, -0.1) is 0 Å². The lowest BCUT2D eigenvalue weighted by Crippen LogP contribution is -2.22. The number of aryl methyl sites for hydroxylation is 1. The van der Waals surface area contributed by atoms with E-state index in [1.807, 2.05) is 6.07 Å². The zero-order valence-electron chi connectivity index (χ0n) is 12.8. The van der Waals surface area contributed by atoms with Gasteiger partial charge < -0.3 is 4.57 Å². The zero-order chi connectivity index (χ0) is 14.4. The van der Waals surface area contributed by atoms with E-state index in [2.05, 4.69) is 23.6 Å². The molecule has 0 amide bonds. The summed E-state index contributed by atoms with van der Waals surface area (Å²) < 4.78 is 2.57. The molecule has 1 aliphatic heterocycles. The highest BCUT2D eigenvalue weighted by Crippen LogP contribution is 2.41. The topological polar surface area (TPSA) is 22.0 Å². The fourth-order valence-electron chi connectivity index (χ4n) is 4.41. The molecule has 0 spiro atoms. The van der Waals surface area contributed by atoms with E-state index in [0.717, 1.165) is 18.4 Å². The number of hydrogen-bond acceptors (Lipinski definition) is 1. The summed E-state index contributed by atoms with van der Waals surface area (Å²) in [5.41, 5.74) is 5.30. The molecular formula is C19H23NO. The summed E-state index contributed by atoms with van der Waals surface area (Å²) in [5.74, 6) is 0.346. The summed E-state index contributed by atoms with van der Waals surface area (Å²) in [4.78, 5) is 12.5. The van der Waals surface area contributed by atoms with Crippen molar-refractivity contribution < 1.29 is 4.79 Å². The lowest BCUT2D eigenvalue weighted by atomic mass is 9.94. The van der Waals surface area contributed by atoms with Crippen LogP contribution in [0.15, 0.2) is 18.2 Å². The quantitative estimate of drug-likeness (QED) is 0.722. The highest BCUT2D eigenvalue weighted by atomic mass is 16.1. The minimum absolute atomic E-state index is 0.346. The van der Waals surface area contributed by atoms with E-state index in [1.54, 1.807) is 11.3 Å². The average Bonchev–Trinajstić information content (AvgIpc) is 2.65. The predicted molar refractivity (Wildman–Crippen MR) is 86.1 cm³/mol. The molecule has 1 unspecified atom stereocenters. The van der Waals surface area contributed by atoms with Gasteiger partial charge in [0.25, 0.3) is 0 Å². The van der Waals surface area contributed by atoms with Crippen LogP contribution in [0.5, 0.6) is 0 Å². The molecule has 2 heteroatoms. The van der Waals surface area contributed by atoms with Crippen molar-refractivity contribution in [2.45, 2.75) is 64.3 Å². The molecule has 0 saturated heterocycles. The first kappa shape index (κ1) is 13.1. The molecule has 2 aromatic rings. The second-order valence-electron chi connectivity index (χ2n) is 6.63. The van der Waals surface area contributed by atoms with E-state index in [4.69, 9.17) is 0 Å². The van der Waals surface area contributed by atoms with Gasteiger partial charge in [-0.1, -0.05) is 31.9 Å². The number of rotatable bonds is 2. The van der Waals surface area contributed by atoms with Crippen LogP contribution in [0.1, 0.15) is 73.1 Å².